The summed E-state index contributed by atoms with van der Waals surface area (Å²) in [7, 11) is 0. The minimum atomic E-state index is -0.572. The van der Waals surface area contributed by atoms with Crippen LogP contribution >= 0.6 is 11.6 Å². The monoisotopic (exact) mass is 428 g/mol. The highest BCUT2D eigenvalue weighted by molar-refractivity contribution is 6.31. The van der Waals surface area contributed by atoms with E-state index in [2.05, 4.69) is 32.1 Å². The van der Waals surface area contributed by atoms with Gasteiger partial charge in [0.1, 0.15) is 18.5 Å². The molecular weight excluding hydrogens is 404 g/mol. The number of ether oxygens (including phenoxy) is 1. The maximum atomic E-state index is 10.4. The molecule has 0 bridgehead atoms. The molecule has 0 amide bonds. The number of halogens is 1. The summed E-state index contributed by atoms with van der Waals surface area (Å²) in [4.78, 5) is 4.59. The largest absolute Gasteiger partial charge is 0.491 e. The molecule has 8 heteroatoms. The molecule has 0 aliphatic carbocycles. The molecule has 2 aromatic carbocycles. The van der Waals surface area contributed by atoms with Crippen molar-refractivity contribution < 1.29 is 14.3 Å². The van der Waals surface area contributed by atoms with E-state index in [4.69, 9.17) is 20.8 Å². The quantitative estimate of drug-likeness (QED) is 0.619. The van der Waals surface area contributed by atoms with Crippen molar-refractivity contribution in [1.82, 2.24) is 15.1 Å². The molecule has 0 radical (unpaired) electrons. The van der Waals surface area contributed by atoms with Crippen LogP contribution in [-0.2, 0) is 0 Å². The number of aliphatic hydroxyl groups is 1. The van der Waals surface area contributed by atoms with Crippen LogP contribution in [0.1, 0.15) is 5.56 Å². The van der Waals surface area contributed by atoms with Crippen LogP contribution in [0.5, 0.6) is 5.75 Å². The Balaban J connectivity index is 1.24. The summed E-state index contributed by atoms with van der Waals surface area (Å²) in [5.41, 5.74) is 3.02. The van der Waals surface area contributed by atoms with Gasteiger partial charge in [0.15, 0.2) is 0 Å². The van der Waals surface area contributed by atoms with Gasteiger partial charge in [-0.05, 0) is 42.8 Å². The number of piperazine rings is 1. The van der Waals surface area contributed by atoms with E-state index in [1.165, 1.54) is 6.39 Å². The van der Waals surface area contributed by atoms with E-state index in [0.29, 0.717) is 18.2 Å². The van der Waals surface area contributed by atoms with E-state index in [1.54, 1.807) is 0 Å². The van der Waals surface area contributed by atoms with E-state index in [0.717, 1.165) is 48.0 Å². The van der Waals surface area contributed by atoms with Gasteiger partial charge in [-0.2, -0.15) is 0 Å². The summed E-state index contributed by atoms with van der Waals surface area (Å²) < 4.78 is 11.0. The Hall–Kier alpha value is -2.61. The van der Waals surface area contributed by atoms with Crippen molar-refractivity contribution in [3.05, 3.63) is 59.4 Å². The number of anilines is 1. The van der Waals surface area contributed by atoms with Gasteiger partial charge < -0.3 is 19.2 Å². The minimum Gasteiger partial charge on any atom is -0.491 e. The van der Waals surface area contributed by atoms with Crippen LogP contribution < -0.4 is 9.64 Å². The third-order valence-corrected chi connectivity index (χ3v) is 5.65. The fourth-order valence-corrected chi connectivity index (χ4v) is 3.70. The highest BCUT2D eigenvalue weighted by Crippen LogP contribution is 2.24. The Bertz CT molecular complexity index is 959. The molecule has 158 valence electrons. The van der Waals surface area contributed by atoms with Crippen LogP contribution in [-0.4, -0.2) is 65.6 Å². The number of aryl methyl sites for hydroxylation is 1. The number of aromatic nitrogens is 2. The van der Waals surface area contributed by atoms with Gasteiger partial charge in [0, 0.05) is 49.0 Å². The summed E-state index contributed by atoms with van der Waals surface area (Å²) in [6.45, 7) is 6.38. The second-order valence-electron chi connectivity index (χ2n) is 7.46. The SMILES string of the molecule is Cc1ccc(N2CCN(C[C@@H](O)COc3cccc(-c4nnco4)c3)CC2)cc1Cl. The molecule has 1 N–H and O–H groups in total. The van der Waals surface area contributed by atoms with Gasteiger partial charge in [0.25, 0.3) is 0 Å². The Morgan fingerprint density at radius 1 is 1.17 bits per heavy atom. The second kappa shape index (κ2) is 9.47. The van der Waals surface area contributed by atoms with Crippen molar-refractivity contribution in [1.29, 1.82) is 0 Å². The zero-order chi connectivity index (χ0) is 20.9. The molecule has 1 aromatic heterocycles. The molecule has 0 unspecified atom stereocenters. The van der Waals surface area contributed by atoms with Crippen molar-refractivity contribution in [2.75, 3.05) is 44.2 Å². The zero-order valence-electron chi connectivity index (χ0n) is 16.9. The summed E-state index contributed by atoms with van der Waals surface area (Å²) >= 11 is 6.26. The summed E-state index contributed by atoms with van der Waals surface area (Å²) in [6, 6.07) is 13.6. The van der Waals surface area contributed by atoms with Gasteiger partial charge in [-0.1, -0.05) is 23.7 Å². The molecule has 0 saturated carbocycles. The first-order valence-corrected chi connectivity index (χ1v) is 10.4. The first kappa shape index (κ1) is 20.7. The average molecular weight is 429 g/mol. The topological polar surface area (TPSA) is 74.9 Å². The van der Waals surface area contributed by atoms with Gasteiger partial charge in [0.05, 0.1) is 0 Å². The lowest BCUT2D eigenvalue weighted by atomic mass is 10.2. The zero-order valence-corrected chi connectivity index (χ0v) is 17.6. The third kappa shape index (κ3) is 5.11. The molecule has 1 fully saturated rings. The van der Waals surface area contributed by atoms with Crippen LogP contribution in [0.2, 0.25) is 5.02 Å². The predicted octanol–water partition coefficient (Wildman–Crippen LogP) is 3.26. The molecule has 1 atom stereocenters. The lowest BCUT2D eigenvalue weighted by Gasteiger charge is -2.37. The van der Waals surface area contributed by atoms with Gasteiger partial charge in [-0.25, -0.2) is 0 Å². The van der Waals surface area contributed by atoms with Gasteiger partial charge in [-0.3, -0.25) is 4.90 Å². The molecule has 1 aliphatic rings. The minimum absolute atomic E-state index is 0.223. The van der Waals surface area contributed by atoms with Crippen LogP contribution in [0.4, 0.5) is 5.69 Å². The second-order valence-corrected chi connectivity index (χ2v) is 7.86. The van der Waals surface area contributed by atoms with Crippen molar-refractivity contribution in [2.45, 2.75) is 13.0 Å². The van der Waals surface area contributed by atoms with E-state index in [-0.39, 0.29) is 6.61 Å². The maximum Gasteiger partial charge on any atom is 0.247 e. The number of nitrogens with zero attached hydrogens (tertiary/aromatic N) is 4. The van der Waals surface area contributed by atoms with Crippen LogP contribution in [0.25, 0.3) is 11.5 Å². The van der Waals surface area contributed by atoms with Crippen molar-refractivity contribution in [3.63, 3.8) is 0 Å². The van der Waals surface area contributed by atoms with Gasteiger partial charge >= 0.3 is 0 Å². The highest BCUT2D eigenvalue weighted by Gasteiger charge is 2.20. The Kier molecular flexibility index (Phi) is 6.52. The number of hydrogen-bond acceptors (Lipinski definition) is 7. The van der Waals surface area contributed by atoms with Gasteiger partial charge in [-0.15, -0.1) is 10.2 Å². The lowest BCUT2D eigenvalue weighted by molar-refractivity contribution is 0.0663. The van der Waals surface area contributed by atoms with E-state index >= 15 is 0 Å². The molecular formula is C22H25ClN4O3. The molecule has 4 rings (SSSR count). The smallest absolute Gasteiger partial charge is 0.247 e. The lowest BCUT2D eigenvalue weighted by Crippen LogP contribution is -2.49. The maximum absolute atomic E-state index is 10.4. The van der Waals surface area contributed by atoms with Crippen molar-refractivity contribution in [3.8, 4) is 17.2 Å². The number of aliphatic hydroxyl groups excluding tert-OH is 1. The van der Waals surface area contributed by atoms with Gasteiger partial charge in [0.2, 0.25) is 12.3 Å². The van der Waals surface area contributed by atoms with Crippen LogP contribution in [0.15, 0.2) is 53.3 Å². The van der Waals surface area contributed by atoms with E-state index in [1.807, 2.05) is 37.3 Å². The average Bonchev–Trinajstić information content (AvgIpc) is 3.30. The highest BCUT2D eigenvalue weighted by atomic mass is 35.5. The van der Waals surface area contributed by atoms with Crippen molar-refractivity contribution in [2.24, 2.45) is 0 Å². The standard InChI is InChI=1S/C22H25ClN4O3/c1-16-5-6-18(12-21(16)23)27-9-7-26(8-10-27)13-19(28)14-29-20-4-2-3-17(11-20)22-25-24-15-30-22/h2-6,11-12,15,19,28H,7-10,13-14H2,1H3/t19-/m1/s1. The predicted molar refractivity (Wildman–Crippen MR) is 116 cm³/mol. The van der Waals surface area contributed by atoms with E-state index < -0.39 is 6.10 Å². The number of hydrogen-bond donors (Lipinski definition) is 1. The molecule has 1 aliphatic heterocycles. The Labute approximate surface area is 180 Å². The van der Waals surface area contributed by atoms with Crippen LogP contribution in [0, 0.1) is 6.92 Å². The number of β-amino-alcohol motifs (C(OH)–C–C–N with tert-alkyl or cyclic N) is 1. The normalized spacial score (nSPS) is 15.9. The number of rotatable bonds is 7. The van der Waals surface area contributed by atoms with Crippen LogP contribution in [0.3, 0.4) is 0 Å². The first-order valence-electron chi connectivity index (χ1n) is 9.99. The molecule has 0 spiro atoms. The summed E-state index contributed by atoms with van der Waals surface area (Å²) in [5.74, 6) is 1.10. The van der Waals surface area contributed by atoms with E-state index in [9.17, 15) is 5.11 Å². The fraction of sp³-hybridized carbons (Fsp3) is 0.364. The Morgan fingerprint density at radius 2 is 2.00 bits per heavy atom. The number of benzene rings is 2. The molecule has 7 nitrogen and oxygen atoms in total. The Morgan fingerprint density at radius 3 is 2.73 bits per heavy atom. The molecule has 2 heterocycles. The molecule has 1 saturated heterocycles. The third-order valence-electron chi connectivity index (χ3n) is 5.25. The fourth-order valence-electron chi connectivity index (χ4n) is 3.53. The summed E-state index contributed by atoms with van der Waals surface area (Å²) in [5, 5.41) is 18.8. The van der Waals surface area contributed by atoms with Crippen molar-refractivity contribution >= 4 is 17.3 Å². The molecule has 30 heavy (non-hydrogen) atoms. The first-order chi connectivity index (χ1) is 14.6. The molecule has 3 aromatic rings. The summed E-state index contributed by atoms with van der Waals surface area (Å²) in [6.07, 6.45) is 0.720.